The zero-order valence-electron chi connectivity index (χ0n) is 8.33. The molecule has 2 aromatic rings. The number of halogens is 1. The number of aromatic amines is 1. The van der Waals surface area contributed by atoms with E-state index in [1.807, 2.05) is 19.1 Å². The van der Waals surface area contributed by atoms with Crippen LogP contribution < -0.4 is 5.56 Å². The van der Waals surface area contributed by atoms with E-state index in [2.05, 4.69) is 5.10 Å². The van der Waals surface area contributed by atoms with E-state index in [-0.39, 0.29) is 5.56 Å². The number of nitrogens with one attached hydrogen (secondary N) is 1. The van der Waals surface area contributed by atoms with Gasteiger partial charge in [-0.05, 0) is 24.6 Å². The zero-order valence-corrected chi connectivity index (χ0v) is 9.08. The normalized spacial score (nSPS) is 10.5. The Morgan fingerprint density at radius 2 is 2.20 bits per heavy atom. The lowest BCUT2D eigenvalue weighted by Crippen LogP contribution is -2.13. The van der Waals surface area contributed by atoms with Gasteiger partial charge in [-0.3, -0.25) is 9.89 Å². The minimum Gasteiger partial charge on any atom is -0.295 e. The van der Waals surface area contributed by atoms with Gasteiger partial charge in [0.25, 0.3) is 5.56 Å². The molecular weight excluding hydrogens is 212 g/mol. The molecule has 4 heteroatoms. The molecule has 1 aromatic heterocycles. The fourth-order valence-corrected chi connectivity index (χ4v) is 1.62. The molecule has 0 aliphatic heterocycles. The van der Waals surface area contributed by atoms with Crippen molar-refractivity contribution in [3.05, 3.63) is 51.4 Å². The van der Waals surface area contributed by atoms with Crippen molar-refractivity contribution in [1.82, 2.24) is 9.78 Å². The molecule has 0 aliphatic carbocycles. The van der Waals surface area contributed by atoms with Crippen molar-refractivity contribution in [2.75, 3.05) is 0 Å². The van der Waals surface area contributed by atoms with Gasteiger partial charge in [0.2, 0.25) is 0 Å². The molecule has 0 bridgehead atoms. The second-order valence-corrected chi connectivity index (χ2v) is 3.72. The smallest absolute Gasteiger partial charge is 0.271 e. The first-order chi connectivity index (χ1) is 7.20. The number of aromatic nitrogens is 2. The van der Waals surface area contributed by atoms with Gasteiger partial charge in [-0.2, -0.15) is 0 Å². The predicted octanol–water partition coefficient (Wildman–Crippen LogP) is 2.38. The van der Waals surface area contributed by atoms with Crippen LogP contribution in [0.4, 0.5) is 0 Å². The lowest BCUT2D eigenvalue weighted by Gasteiger charge is -2.01. The van der Waals surface area contributed by atoms with Crippen molar-refractivity contribution in [2.45, 2.75) is 13.3 Å². The Morgan fingerprint density at radius 1 is 1.40 bits per heavy atom. The van der Waals surface area contributed by atoms with Crippen LogP contribution in [0.25, 0.3) is 5.69 Å². The third-order valence-electron chi connectivity index (χ3n) is 2.22. The molecule has 1 N–H and O–H groups in total. The van der Waals surface area contributed by atoms with Crippen LogP contribution >= 0.6 is 11.6 Å². The Bertz CT molecular complexity index is 527. The Labute approximate surface area is 92.3 Å². The van der Waals surface area contributed by atoms with Crippen LogP contribution in [0.2, 0.25) is 5.02 Å². The number of hydrogen-bond acceptors (Lipinski definition) is 1. The maximum atomic E-state index is 11.6. The molecule has 3 nitrogen and oxygen atoms in total. The Kier molecular flexibility index (Phi) is 2.64. The number of nitrogens with zero attached hydrogens (tertiary/aromatic N) is 1. The number of rotatable bonds is 2. The van der Waals surface area contributed by atoms with Crippen molar-refractivity contribution in [3.8, 4) is 5.69 Å². The van der Waals surface area contributed by atoms with Gasteiger partial charge in [0.1, 0.15) is 0 Å². The van der Waals surface area contributed by atoms with E-state index in [0.717, 1.165) is 17.8 Å². The number of H-pyrrole nitrogens is 1. The lowest BCUT2D eigenvalue weighted by atomic mass is 10.3. The number of benzene rings is 1. The first kappa shape index (κ1) is 10.1. The molecule has 0 saturated heterocycles. The van der Waals surface area contributed by atoms with Gasteiger partial charge in [0.05, 0.1) is 5.69 Å². The van der Waals surface area contributed by atoms with Crippen LogP contribution in [-0.4, -0.2) is 9.78 Å². The van der Waals surface area contributed by atoms with Crippen LogP contribution in [-0.2, 0) is 6.42 Å². The Balaban J connectivity index is 2.54. The summed E-state index contributed by atoms with van der Waals surface area (Å²) in [7, 11) is 0. The Morgan fingerprint density at radius 3 is 2.80 bits per heavy atom. The zero-order chi connectivity index (χ0) is 10.8. The topological polar surface area (TPSA) is 37.8 Å². The Hall–Kier alpha value is -1.48. The summed E-state index contributed by atoms with van der Waals surface area (Å²) in [5.41, 5.74) is 1.61. The molecule has 0 unspecified atom stereocenters. The molecule has 0 radical (unpaired) electrons. The van der Waals surface area contributed by atoms with Crippen molar-refractivity contribution in [2.24, 2.45) is 0 Å². The summed E-state index contributed by atoms with van der Waals surface area (Å²) in [6.45, 7) is 1.99. The van der Waals surface area contributed by atoms with Gasteiger partial charge in [-0.25, -0.2) is 4.68 Å². The van der Waals surface area contributed by atoms with E-state index in [1.165, 1.54) is 4.68 Å². The van der Waals surface area contributed by atoms with Crippen LogP contribution in [0.3, 0.4) is 0 Å². The SMILES string of the molecule is CCc1cc(=O)n(-c2cccc(Cl)c2)[nH]1. The minimum atomic E-state index is -0.0610. The fourth-order valence-electron chi connectivity index (χ4n) is 1.43. The van der Waals surface area contributed by atoms with E-state index in [4.69, 9.17) is 11.6 Å². The maximum Gasteiger partial charge on any atom is 0.271 e. The van der Waals surface area contributed by atoms with E-state index in [9.17, 15) is 4.79 Å². The summed E-state index contributed by atoms with van der Waals surface area (Å²) in [4.78, 5) is 11.6. The molecular formula is C11H11ClN2O. The average Bonchev–Trinajstić information content (AvgIpc) is 2.60. The molecule has 15 heavy (non-hydrogen) atoms. The first-order valence-corrected chi connectivity index (χ1v) is 5.15. The van der Waals surface area contributed by atoms with E-state index >= 15 is 0 Å². The van der Waals surface area contributed by atoms with E-state index < -0.39 is 0 Å². The van der Waals surface area contributed by atoms with Crippen LogP contribution in [0, 0.1) is 0 Å². The molecule has 2 rings (SSSR count). The van der Waals surface area contributed by atoms with Crippen molar-refractivity contribution in [3.63, 3.8) is 0 Å². The fraction of sp³-hybridized carbons (Fsp3) is 0.182. The van der Waals surface area contributed by atoms with E-state index in [0.29, 0.717) is 5.02 Å². The third kappa shape index (κ3) is 1.97. The second kappa shape index (κ2) is 3.95. The predicted molar refractivity (Wildman–Crippen MR) is 60.8 cm³/mol. The van der Waals surface area contributed by atoms with E-state index in [1.54, 1.807) is 18.2 Å². The monoisotopic (exact) mass is 222 g/mol. The molecule has 0 atom stereocenters. The molecule has 0 spiro atoms. The maximum absolute atomic E-state index is 11.6. The highest BCUT2D eigenvalue weighted by atomic mass is 35.5. The third-order valence-corrected chi connectivity index (χ3v) is 2.46. The standard InChI is InChI=1S/C11H11ClN2O/c1-2-9-7-11(15)14(13-9)10-5-3-4-8(12)6-10/h3-7,13H,2H2,1H3. The second-order valence-electron chi connectivity index (χ2n) is 3.29. The number of hydrogen-bond donors (Lipinski definition) is 1. The van der Waals surface area contributed by atoms with Crippen LogP contribution in [0.15, 0.2) is 35.1 Å². The molecule has 78 valence electrons. The van der Waals surface area contributed by atoms with Crippen molar-refractivity contribution >= 4 is 11.6 Å². The van der Waals surface area contributed by atoms with Gasteiger partial charge in [0.15, 0.2) is 0 Å². The first-order valence-electron chi connectivity index (χ1n) is 4.77. The van der Waals surface area contributed by atoms with Gasteiger partial charge >= 0.3 is 0 Å². The average molecular weight is 223 g/mol. The van der Waals surface area contributed by atoms with Gasteiger partial charge in [0, 0.05) is 16.8 Å². The highest BCUT2D eigenvalue weighted by molar-refractivity contribution is 6.30. The molecule has 0 saturated carbocycles. The molecule has 1 heterocycles. The van der Waals surface area contributed by atoms with Gasteiger partial charge in [-0.1, -0.05) is 24.6 Å². The van der Waals surface area contributed by atoms with Crippen LogP contribution in [0.1, 0.15) is 12.6 Å². The van der Waals surface area contributed by atoms with Crippen LogP contribution in [0.5, 0.6) is 0 Å². The minimum absolute atomic E-state index is 0.0610. The molecule has 0 fully saturated rings. The molecule has 1 aromatic carbocycles. The molecule has 0 amide bonds. The molecule has 0 aliphatic rings. The quantitative estimate of drug-likeness (QED) is 0.833. The summed E-state index contributed by atoms with van der Waals surface area (Å²) >= 11 is 5.86. The van der Waals surface area contributed by atoms with Gasteiger partial charge in [-0.15, -0.1) is 0 Å². The highest BCUT2D eigenvalue weighted by Gasteiger charge is 2.03. The van der Waals surface area contributed by atoms with Gasteiger partial charge < -0.3 is 0 Å². The summed E-state index contributed by atoms with van der Waals surface area (Å²) < 4.78 is 1.49. The summed E-state index contributed by atoms with van der Waals surface area (Å²) in [6.07, 6.45) is 0.808. The van der Waals surface area contributed by atoms with Crippen molar-refractivity contribution < 1.29 is 0 Å². The number of aryl methyl sites for hydroxylation is 1. The lowest BCUT2D eigenvalue weighted by molar-refractivity contribution is 0.819. The highest BCUT2D eigenvalue weighted by Crippen LogP contribution is 2.12. The summed E-state index contributed by atoms with van der Waals surface area (Å²) in [5, 5.41) is 3.64. The van der Waals surface area contributed by atoms with Crippen molar-refractivity contribution in [1.29, 1.82) is 0 Å². The summed E-state index contributed by atoms with van der Waals surface area (Å²) in [6, 6.07) is 8.78. The largest absolute Gasteiger partial charge is 0.295 e. The summed E-state index contributed by atoms with van der Waals surface area (Å²) in [5.74, 6) is 0.